The van der Waals surface area contributed by atoms with Crippen LogP contribution >= 0.6 is 23.8 Å². The van der Waals surface area contributed by atoms with Crippen molar-refractivity contribution < 1.29 is 27.2 Å². The smallest absolute Gasteiger partial charge is 0.434 e. The quantitative estimate of drug-likeness (QED) is 0.300. The number of nitro groups is 1. The number of halogens is 5. The summed E-state index contributed by atoms with van der Waals surface area (Å²) in [5, 5.41) is 14.0. The van der Waals surface area contributed by atoms with Crippen LogP contribution in [0, 0.1) is 15.9 Å². The van der Waals surface area contributed by atoms with Crippen molar-refractivity contribution in [3.63, 3.8) is 0 Å². The fraction of sp³-hybridized carbons (Fsp3) is 0.333. The SMILES string of the molecule is CCOC(=S)Cc1cc(-c2nn(C)c(C(F)(F)F)c2Cl)c(F)cc1[N+](=O)[O-]. The lowest BCUT2D eigenvalue weighted by Crippen LogP contribution is -2.12. The molecule has 0 fully saturated rings. The van der Waals surface area contributed by atoms with Gasteiger partial charge in [-0.2, -0.15) is 18.3 Å². The molecule has 146 valence electrons. The number of nitro benzene ring substituents is 1. The Kier molecular flexibility index (Phi) is 6.05. The highest BCUT2D eigenvalue weighted by Crippen LogP contribution is 2.41. The average Bonchev–Trinajstić information content (AvgIpc) is 2.83. The van der Waals surface area contributed by atoms with Crippen LogP contribution in [0.25, 0.3) is 11.3 Å². The van der Waals surface area contributed by atoms with Gasteiger partial charge in [0, 0.05) is 24.6 Å². The summed E-state index contributed by atoms with van der Waals surface area (Å²) in [6.45, 7) is 1.88. The molecule has 1 aromatic heterocycles. The second-order valence-electron chi connectivity index (χ2n) is 5.33. The number of hydrogen-bond donors (Lipinski definition) is 0. The fourth-order valence-corrected chi connectivity index (χ4v) is 3.09. The number of benzene rings is 1. The molecule has 0 aliphatic heterocycles. The molecule has 0 saturated heterocycles. The van der Waals surface area contributed by atoms with E-state index in [2.05, 4.69) is 5.10 Å². The van der Waals surface area contributed by atoms with E-state index in [-0.39, 0.29) is 23.6 Å². The summed E-state index contributed by atoms with van der Waals surface area (Å²) in [6.07, 6.45) is -5.02. The van der Waals surface area contributed by atoms with Gasteiger partial charge in [-0.3, -0.25) is 14.8 Å². The van der Waals surface area contributed by atoms with Crippen molar-refractivity contribution in [2.75, 3.05) is 6.61 Å². The first-order valence-electron chi connectivity index (χ1n) is 7.39. The third-order valence-corrected chi connectivity index (χ3v) is 4.14. The molecule has 12 heteroatoms. The van der Waals surface area contributed by atoms with Crippen molar-refractivity contribution in [3.8, 4) is 11.3 Å². The Morgan fingerprint density at radius 1 is 1.44 bits per heavy atom. The van der Waals surface area contributed by atoms with Gasteiger partial charge >= 0.3 is 6.18 Å². The molecule has 0 spiro atoms. The lowest BCUT2D eigenvalue weighted by atomic mass is 10.0. The summed E-state index contributed by atoms with van der Waals surface area (Å²) in [5.74, 6) is -1.14. The molecule has 27 heavy (non-hydrogen) atoms. The van der Waals surface area contributed by atoms with Gasteiger partial charge in [0.1, 0.15) is 11.5 Å². The minimum Gasteiger partial charge on any atom is -0.487 e. The number of nitrogens with zero attached hydrogens (tertiary/aromatic N) is 3. The van der Waals surface area contributed by atoms with Gasteiger partial charge in [-0.15, -0.1) is 0 Å². The Bertz CT molecular complexity index is 915. The zero-order valence-corrected chi connectivity index (χ0v) is 15.5. The topological polar surface area (TPSA) is 70.2 Å². The third kappa shape index (κ3) is 4.35. The molecule has 0 aliphatic rings. The van der Waals surface area contributed by atoms with Gasteiger partial charge in [0.15, 0.2) is 10.7 Å². The molecular formula is C15H12ClF4N3O3S. The number of aryl methyl sites for hydroxylation is 1. The van der Waals surface area contributed by atoms with Crippen LogP contribution in [0.5, 0.6) is 0 Å². The lowest BCUT2D eigenvalue weighted by molar-refractivity contribution is -0.385. The van der Waals surface area contributed by atoms with E-state index in [1.54, 1.807) is 6.92 Å². The van der Waals surface area contributed by atoms with E-state index >= 15 is 0 Å². The Morgan fingerprint density at radius 3 is 2.56 bits per heavy atom. The number of aromatic nitrogens is 2. The lowest BCUT2D eigenvalue weighted by Gasteiger charge is -2.09. The molecule has 0 radical (unpaired) electrons. The highest BCUT2D eigenvalue weighted by atomic mass is 35.5. The molecule has 1 heterocycles. The standard InChI is InChI=1S/C15H12ClF4N3O3S/c1-3-26-11(27)5-7-4-8(9(17)6-10(7)23(24)25)13-12(16)14(15(18,19)20)22(2)21-13/h4,6H,3,5H2,1-2H3. The molecule has 0 N–H and O–H groups in total. The summed E-state index contributed by atoms with van der Waals surface area (Å²) in [6, 6.07) is 1.60. The largest absolute Gasteiger partial charge is 0.487 e. The van der Waals surface area contributed by atoms with Crippen LogP contribution in [0.15, 0.2) is 12.1 Å². The zero-order chi connectivity index (χ0) is 20.5. The monoisotopic (exact) mass is 425 g/mol. The first-order valence-corrected chi connectivity index (χ1v) is 8.18. The second kappa shape index (κ2) is 7.77. The van der Waals surface area contributed by atoms with E-state index in [1.165, 1.54) is 0 Å². The van der Waals surface area contributed by atoms with E-state index in [0.717, 1.165) is 13.1 Å². The summed E-state index contributed by atoms with van der Waals surface area (Å²) in [7, 11) is 1.01. The maximum Gasteiger partial charge on any atom is 0.434 e. The van der Waals surface area contributed by atoms with Crippen LogP contribution in [-0.2, 0) is 24.4 Å². The first-order chi connectivity index (χ1) is 12.5. The van der Waals surface area contributed by atoms with E-state index < -0.39 is 44.6 Å². The van der Waals surface area contributed by atoms with E-state index in [1.807, 2.05) is 0 Å². The predicted molar refractivity (Wildman–Crippen MR) is 93.2 cm³/mol. The molecule has 6 nitrogen and oxygen atoms in total. The Morgan fingerprint density at radius 2 is 2.07 bits per heavy atom. The summed E-state index contributed by atoms with van der Waals surface area (Å²) >= 11 is 10.7. The zero-order valence-electron chi connectivity index (χ0n) is 13.9. The Balaban J connectivity index is 2.65. The molecule has 0 unspecified atom stereocenters. The molecule has 2 aromatic rings. The van der Waals surface area contributed by atoms with Crippen LogP contribution in [0.1, 0.15) is 18.2 Å². The normalized spacial score (nSPS) is 11.5. The van der Waals surface area contributed by atoms with Crippen molar-refractivity contribution in [1.82, 2.24) is 9.78 Å². The Labute approximate surface area is 160 Å². The van der Waals surface area contributed by atoms with Crippen LogP contribution in [-0.4, -0.2) is 26.4 Å². The maximum absolute atomic E-state index is 14.4. The van der Waals surface area contributed by atoms with Gasteiger partial charge in [-0.05, 0) is 25.2 Å². The molecule has 0 amide bonds. The van der Waals surface area contributed by atoms with E-state index in [4.69, 9.17) is 28.6 Å². The van der Waals surface area contributed by atoms with Crippen LogP contribution < -0.4 is 0 Å². The third-order valence-electron chi connectivity index (χ3n) is 3.52. The number of hydrogen-bond acceptors (Lipinski definition) is 5. The van der Waals surface area contributed by atoms with E-state index in [0.29, 0.717) is 10.7 Å². The van der Waals surface area contributed by atoms with Crippen molar-refractivity contribution >= 4 is 34.6 Å². The molecule has 1 aromatic carbocycles. The molecule has 2 rings (SSSR count). The Hall–Kier alpha value is -2.27. The minimum absolute atomic E-state index is 0.0151. The van der Waals surface area contributed by atoms with Crippen molar-refractivity contribution in [2.45, 2.75) is 19.5 Å². The van der Waals surface area contributed by atoms with Crippen LogP contribution in [0.3, 0.4) is 0 Å². The predicted octanol–water partition coefficient (Wildman–Crippen LogP) is 4.71. The van der Waals surface area contributed by atoms with Crippen LogP contribution in [0.2, 0.25) is 5.02 Å². The number of ether oxygens (including phenoxy) is 1. The fourth-order valence-electron chi connectivity index (χ4n) is 2.45. The molecular weight excluding hydrogens is 414 g/mol. The summed E-state index contributed by atoms with van der Waals surface area (Å²) in [5.41, 5.74) is -2.77. The van der Waals surface area contributed by atoms with Gasteiger partial charge in [0.05, 0.1) is 22.6 Å². The van der Waals surface area contributed by atoms with E-state index in [9.17, 15) is 27.7 Å². The van der Waals surface area contributed by atoms with Gasteiger partial charge < -0.3 is 4.74 Å². The molecule has 0 bridgehead atoms. The van der Waals surface area contributed by atoms with Gasteiger partial charge in [0.25, 0.3) is 5.69 Å². The summed E-state index contributed by atoms with van der Waals surface area (Å²) in [4.78, 5) is 10.4. The molecule has 0 saturated carbocycles. The highest BCUT2D eigenvalue weighted by Gasteiger charge is 2.39. The van der Waals surface area contributed by atoms with Crippen molar-refractivity contribution in [3.05, 3.63) is 44.3 Å². The summed E-state index contributed by atoms with van der Waals surface area (Å²) < 4.78 is 59.2. The van der Waals surface area contributed by atoms with Crippen molar-refractivity contribution in [2.24, 2.45) is 7.05 Å². The minimum atomic E-state index is -4.81. The molecule has 0 atom stereocenters. The van der Waals surface area contributed by atoms with Gasteiger partial charge in [-0.25, -0.2) is 4.39 Å². The average molecular weight is 426 g/mol. The maximum atomic E-state index is 14.4. The van der Waals surface area contributed by atoms with Gasteiger partial charge in [0.2, 0.25) is 0 Å². The van der Waals surface area contributed by atoms with Gasteiger partial charge in [-0.1, -0.05) is 11.6 Å². The van der Waals surface area contributed by atoms with Crippen molar-refractivity contribution in [1.29, 1.82) is 0 Å². The van der Waals surface area contributed by atoms with Crippen LogP contribution in [0.4, 0.5) is 23.2 Å². The highest BCUT2D eigenvalue weighted by molar-refractivity contribution is 7.80. The first kappa shape index (κ1) is 21.0. The second-order valence-corrected chi connectivity index (χ2v) is 6.17. The molecule has 0 aliphatic carbocycles. The number of alkyl halides is 3. The number of thiocarbonyl (C=S) groups is 1. The number of rotatable bonds is 5.